The van der Waals surface area contributed by atoms with E-state index in [2.05, 4.69) is 15.6 Å². The minimum absolute atomic E-state index is 0.115. The Bertz CT molecular complexity index is 250. The minimum atomic E-state index is -0.115. The highest BCUT2D eigenvalue weighted by atomic mass is 16.5. The van der Waals surface area contributed by atoms with Crippen molar-refractivity contribution in [3.63, 3.8) is 0 Å². The summed E-state index contributed by atoms with van der Waals surface area (Å²) < 4.78 is 10.1. The molecule has 0 fully saturated rings. The van der Waals surface area contributed by atoms with E-state index in [1.54, 1.807) is 0 Å². The van der Waals surface area contributed by atoms with Gasteiger partial charge in [0.1, 0.15) is 6.10 Å². The van der Waals surface area contributed by atoms with Crippen molar-refractivity contribution in [1.29, 1.82) is 0 Å². The summed E-state index contributed by atoms with van der Waals surface area (Å²) in [5, 5.41) is 3.72. The predicted octanol–water partition coefficient (Wildman–Crippen LogP) is 0.843. The smallest absolute Gasteiger partial charge is 0.335 e. The first-order chi connectivity index (χ1) is 6.31. The van der Waals surface area contributed by atoms with Gasteiger partial charge in [0.05, 0.1) is 0 Å². The molecule has 0 aliphatic heterocycles. The summed E-state index contributed by atoms with van der Waals surface area (Å²) in [5.41, 5.74) is 2.27. The zero-order valence-corrected chi connectivity index (χ0v) is 7.78. The zero-order valence-electron chi connectivity index (χ0n) is 7.78. The van der Waals surface area contributed by atoms with E-state index in [0.29, 0.717) is 12.4 Å². The molecule has 0 radical (unpaired) electrons. The lowest BCUT2D eigenvalue weighted by molar-refractivity contribution is 0.0518. The van der Waals surface area contributed by atoms with Crippen LogP contribution >= 0.6 is 0 Å². The fraction of sp³-hybridized carbons (Fsp3) is 0.714. The van der Waals surface area contributed by atoms with Gasteiger partial charge in [-0.05, 0) is 13.3 Å². The van der Waals surface area contributed by atoms with Crippen LogP contribution in [-0.2, 0) is 4.74 Å². The van der Waals surface area contributed by atoms with Crippen molar-refractivity contribution in [2.24, 2.45) is 5.84 Å². The fourth-order valence-electron chi connectivity index (χ4n) is 1.00. The van der Waals surface area contributed by atoms with Crippen molar-refractivity contribution in [2.75, 3.05) is 12.0 Å². The second-order valence-electron chi connectivity index (χ2n) is 2.45. The molecule has 1 heterocycles. The Morgan fingerprint density at radius 1 is 1.62 bits per heavy atom. The summed E-state index contributed by atoms with van der Waals surface area (Å²) in [6.07, 6.45) is 0.688. The van der Waals surface area contributed by atoms with Crippen molar-refractivity contribution < 1.29 is 9.26 Å². The molecular weight excluding hydrogens is 172 g/mol. The Labute approximate surface area is 76.4 Å². The van der Waals surface area contributed by atoms with Crippen LogP contribution in [0.4, 0.5) is 6.01 Å². The molecule has 13 heavy (non-hydrogen) atoms. The van der Waals surface area contributed by atoms with E-state index in [9.17, 15) is 0 Å². The molecule has 0 amide bonds. The number of ether oxygens (including phenoxy) is 1. The molecule has 1 aromatic rings. The van der Waals surface area contributed by atoms with Crippen LogP contribution in [0.2, 0.25) is 0 Å². The van der Waals surface area contributed by atoms with Crippen LogP contribution in [-0.4, -0.2) is 16.7 Å². The van der Waals surface area contributed by atoms with Gasteiger partial charge >= 0.3 is 6.01 Å². The maximum absolute atomic E-state index is 5.38. The number of nitrogens with one attached hydrogen (secondary N) is 1. The van der Waals surface area contributed by atoms with Crippen LogP contribution < -0.4 is 11.3 Å². The normalized spacial score (nSPS) is 12.8. The van der Waals surface area contributed by atoms with Gasteiger partial charge in [-0.25, -0.2) is 5.84 Å². The maximum Gasteiger partial charge on any atom is 0.335 e. The number of hydrazine groups is 1. The summed E-state index contributed by atoms with van der Waals surface area (Å²) in [6, 6.07) is 0.202. The first-order valence-electron chi connectivity index (χ1n) is 4.23. The van der Waals surface area contributed by atoms with Gasteiger partial charge in [-0.15, -0.1) is 0 Å². The molecule has 6 heteroatoms. The summed E-state index contributed by atoms with van der Waals surface area (Å²) in [6.45, 7) is 4.54. The van der Waals surface area contributed by atoms with E-state index in [1.165, 1.54) is 0 Å². The number of rotatable bonds is 5. The van der Waals surface area contributed by atoms with Gasteiger partial charge in [-0.3, -0.25) is 5.43 Å². The molecule has 1 aromatic heterocycles. The summed E-state index contributed by atoms with van der Waals surface area (Å²) in [5.74, 6) is 5.62. The topological polar surface area (TPSA) is 86.2 Å². The van der Waals surface area contributed by atoms with Gasteiger partial charge in [-0.1, -0.05) is 12.1 Å². The quantitative estimate of drug-likeness (QED) is 0.523. The number of aromatic nitrogens is 2. The third-order valence-corrected chi connectivity index (χ3v) is 1.59. The average molecular weight is 186 g/mol. The molecule has 3 N–H and O–H groups in total. The number of hydrogen-bond donors (Lipinski definition) is 2. The molecule has 0 bridgehead atoms. The van der Waals surface area contributed by atoms with E-state index in [0.717, 1.165) is 6.42 Å². The second-order valence-corrected chi connectivity index (χ2v) is 2.45. The van der Waals surface area contributed by atoms with E-state index in [-0.39, 0.29) is 12.1 Å². The number of hydrogen-bond acceptors (Lipinski definition) is 6. The van der Waals surface area contributed by atoms with Gasteiger partial charge < -0.3 is 9.26 Å². The molecule has 0 aromatic carbocycles. The lowest BCUT2D eigenvalue weighted by atomic mass is 10.2. The van der Waals surface area contributed by atoms with E-state index in [4.69, 9.17) is 15.1 Å². The third-order valence-electron chi connectivity index (χ3n) is 1.59. The number of nitrogens with zero attached hydrogens (tertiary/aromatic N) is 2. The first-order valence-corrected chi connectivity index (χ1v) is 4.23. The van der Waals surface area contributed by atoms with Gasteiger partial charge in [0.15, 0.2) is 0 Å². The Balaban J connectivity index is 2.67. The largest absolute Gasteiger partial charge is 0.370 e. The number of nitrogen functional groups attached to an aromatic ring is 1. The summed E-state index contributed by atoms with van der Waals surface area (Å²) in [4.78, 5) is 3.98. The molecule has 0 spiro atoms. The first kappa shape index (κ1) is 9.94. The monoisotopic (exact) mass is 186 g/mol. The maximum atomic E-state index is 5.38. The van der Waals surface area contributed by atoms with E-state index in [1.807, 2.05) is 13.8 Å². The van der Waals surface area contributed by atoms with Gasteiger partial charge in [-0.2, -0.15) is 4.98 Å². The molecule has 0 aliphatic carbocycles. The van der Waals surface area contributed by atoms with Crippen LogP contribution in [0.1, 0.15) is 32.2 Å². The molecule has 1 rings (SSSR count). The van der Waals surface area contributed by atoms with Crippen LogP contribution in [0, 0.1) is 0 Å². The molecule has 0 saturated heterocycles. The highest BCUT2D eigenvalue weighted by molar-refractivity contribution is 5.15. The summed E-state index contributed by atoms with van der Waals surface area (Å²) >= 11 is 0. The van der Waals surface area contributed by atoms with Gasteiger partial charge in [0.25, 0.3) is 0 Å². The van der Waals surface area contributed by atoms with Gasteiger partial charge in [0.2, 0.25) is 5.82 Å². The van der Waals surface area contributed by atoms with Crippen molar-refractivity contribution in [1.82, 2.24) is 10.1 Å². The Hall–Kier alpha value is -1.14. The molecule has 0 saturated carbocycles. The van der Waals surface area contributed by atoms with Crippen molar-refractivity contribution >= 4 is 6.01 Å². The van der Waals surface area contributed by atoms with Gasteiger partial charge in [0, 0.05) is 6.61 Å². The average Bonchev–Trinajstić information content (AvgIpc) is 2.62. The van der Waals surface area contributed by atoms with Crippen molar-refractivity contribution in [2.45, 2.75) is 26.4 Å². The molecule has 1 atom stereocenters. The third kappa shape index (κ3) is 2.40. The SMILES string of the molecule is CCOC(CC)c1noc(NN)n1. The van der Waals surface area contributed by atoms with Crippen LogP contribution in [0.5, 0.6) is 0 Å². The number of nitrogens with two attached hydrogens (primary N) is 1. The van der Waals surface area contributed by atoms with Crippen LogP contribution in [0.3, 0.4) is 0 Å². The molecule has 74 valence electrons. The van der Waals surface area contributed by atoms with E-state index >= 15 is 0 Å². The number of anilines is 1. The Morgan fingerprint density at radius 2 is 2.38 bits per heavy atom. The Kier molecular flexibility index (Phi) is 3.66. The lowest BCUT2D eigenvalue weighted by Gasteiger charge is -2.08. The Morgan fingerprint density at radius 3 is 2.85 bits per heavy atom. The predicted molar refractivity (Wildman–Crippen MR) is 46.8 cm³/mol. The fourth-order valence-corrected chi connectivity index (χ4v) is 1.00. The molecule has 1 unspecified atom stereocenters. The highest BCUT2D eigenvalue weighted by Gasteiger charge is 2.15. The van der Waals surface area contributed by atoms with E-state index < -0.39 is 0 Å². The zero-order chi connectivity index (χ0) is 9.68. The standard InChI is InChI=1S/C7H14N4O2/c1-3-5(12-4-2)6-9-7(10-8)13-11-6/h5H,3-4,8H2,1-2H3,(H,9,10,11). The van der Waals surface area contributed by atoms with Crippen molar-refractivity contribution in [3.8, 4) is 0 Å². The lowest BCUT2D eigenvalue weighted by Crippen LogP contribution is -2.08. The molecule has 0 aliphatic rings. The van der Waals surface area contributed by atoms with Crippen LogP contribution in [0.25, 0.3) is 0 Å². The molecular formula is C7H14N4O2. The minimum Gasteiger partial charge on any atom is -0.370 e. The molecule has 6 nitrogen and oxygen atoms in total. The summed E-state index contributed by atoms with van der Waals surface area (Å²) in [7, 11) is 0. The highest BCUT2D eigenvalue weighted by Crippen LogP contribution is 2.18. The van der Waals surface area contributed by atoms with Crippen molar-refractivity contribution in [3.05, 3.63) is 5.82 Å². The second kappa shape index (κ2) is 4.78. The van der Waals surface area contributed by atoms with Crippen LogP contribution in [0.15, 0.2) is 4.52 Å².